The van der Waals surface area contributed by atoms with Crippen LogP contribution >= 0.6 is 0 Å². The van der Waals surface area contributed by atoms with Gasteiger partial charge in [0, 0.05) is 31.3 Å². The zero-order chi connectivity index (χ0) is 10.8. The summed E-state index contributed by atoms with van der Waals surface area (Å²) in [6, 6.07) is 1.87. The molecule has 0 N–H and O–H groups in total. The second-order valence-corrected chi connectivity index (χ2v) is 3.92. The average Bonchev–Trinajstić information content (AvgIpc) is 2.10. The summed E-state index contributed by atoms with van der Waals surface area (Å²) in [5.74, 6) is 0.952. The molecule has 0 spiro atoms. The first-order chi connectivity index (χ1) is 7.15. The lowest BCUT2D eigenvalue weighted by Crippen LogP contribution is -2.47. The molecule has 3 nitrogen and oxygen atoms in total. The van der Waals surface area contributed by atoms with E-state index in [0.29, 0.717) is 13.1 Å². The minimum Gasteiger partial charge on any atom is -0.356 e. The summed E-state index contributed by atoms with van der Waals surface area (Å²) in [4.78, 5) is 10.1. The van der Waals surface area contributed by atoms with Crippen LogP contribution in [-0.4, -0.2) is 29.5 Å². The van der Waals surface area contributed by atoms with Crippen LogP contribution in [0.15, 0.2) is 12.4 Å². The highest BCUT2D eigenvalue weighted by atomic mass is 19.3. The lowest BCUT2D eigenvalue weighted by Gasteiger charge is -2.40. The van der Waals surface area contributed by atoms with Gasteiger partial charge in [-0.3, -0.25) is 0 Å². The third-order valence-electron chi connectivity index (χ3n) is 2.58. The molecule has 2 rings (SSSR count). The zero-order valence-electron chi connectivity index (χ0n) is 8.53. The number of anilines is 1. The number of aromatic nitrogens is 2. The van der Waals surface area contributed by atoms with Crippen LogP contribution in [-0.2, 0) is 0 Å². The van der Waals surface area contributed by atoms with Crippen molar-refractivity contribution in [2.24, 2.45) is 5.92 Å². The largest absolute Gasteiger partial charge is 0.356 e. The third-order valence-corrected chi connectivity index (χ3v) is 2.58. The Kier molecular flexibility index (Phi) is 2.79. The Morgan fingerprint density at radius 1 is 1.47 bits per heavy atom. The Labute approximate surface area is 87.1 Å². The van der Waals surface area contributed by atoms with Gasteiger partial charge in [0.25, 0.3) is 0 Å². The molecule has 1 aromatic heterocycles. The maximum absolute atomic E-state index is 12.1. The van der Waals surface area contributed by atoms with Gasteiger partial charge in [0.05, 0.1) is 0 Å². The molecule has 0 aliphatic carbocycles. The molecule has 1 saturated heterocycles. The first kappa shape index (κ1) is 10.3. The summed E-state index contributed by atoms with van der Waals surface area (Å²) < 4.78 is 24.1. The monoisotopic (exact) mass is 213 g/mol. The van der Waals surface area contributed by atoms with Crippen molar-refractivity contribution in [1.82, 2.24) is 9.97 Å². The van der Waals surface area contributed by atoms with E-state index < -0.39 is 6.43 Å². The number of nitrogens with zero attached hydrogens (tertiary/aromatic N) is 3. The Morgan fingerprint density at radius 2 is 2.20 bits per heavy atom. The number of alkyl halides is 2. The van der Waals surface area contributed by atoms with Gasteiger partial charge < -0.3 is 4.90 Å². The van der Waals surface area contributed by atoms with Gasteiger partial charge in [-0.25, -0.2) is 18.7 Å². The third kappa shape index (κ3) is 2.40. The smallest absolute Gasteiger partial charge is 0.239 e. The molecule has 0 amide bonds. The Morgan fingerprint density at radius 3 is 2.80 bits per heavy atom. The van der Waals surface area contributed by atoms with Crippen molar-refractivity contribution in [3.8, 4) is 0 Å². The van der Waals surface area contributed by atoms with Crippen LogP contribution in [0.2, 0.25) is 0 Å². The topological polar surface area (TPSA) is 29.0 Å². The first-order valence-corrected chi connectivity index (χ1v) is 4.97. The van der Waals surface area contributed by atoms with Crippen molar-refractivity contribution in [2.45, 2.75) is 19.8 Å². The van der Waals surface area contributed by atoms with E-state index >= 15 is 0 Å². The fraction of sp³-hybridized carbons (Fsp3) is 0.600. The molecule has 1 aliphatic heterocycles. The summed E-state index contributed by atoms with van der Waals surface area (Å²) >= 11 is 0. The standard InChI is InChI=1S/C10H13F2N3/c1-7-2-10(14-6-13-7)15-4-8(5-15)3-9(11)12/h2,6,8-9H,3-5H2,1H3. The Hall–Kier alpha value is -1.26. The van der Waals surface area contributed by atoms with Crippen LogP contribution < -0.4 is 4.90 Å². The van der Waals surface area contributed by atoms with Gasteiger partial charge in [-0.15, -0.1) is 0 Å². The number of aryl methyl sites for hydroxylation is 1. The summed E-state index contributed by atoms with van der Waals surface area (Å²) in [6.07, 6.45) is -0.685. The van der Waals surface area contributed by atoms with E-state index in [0.717, 1.165) is 11.5 Å². The van der Waals surface area contributed by atoms with Crippen molar-refractivity contribution >= 4 is 5.82 Å². The molecular weight excluding hydrogens is 200 g/mol. The zero-order valence-corrected chi connectivity index (χ0v) is 8.53. The van der Waals surface area contributed by atoms with Crippen molar-refractivity contribution in [3.05, 3.63) is 18.1 Å². The number of hydrogen-bond donors (Lipinski definition) is 0. The SMILES string of the molecule is Cc1cc(N2CC(CC(F)F)C2)ncn1. The normalized spacial score (nSPS) is 16.9. The van der Waals surface area contributed by atoms with E-state index in [4.69, 9.17) is 0 Å². The summed E-state index contributed by atoms with van der Waals surface area (Å²) in [6.45, 7) is 3.25. The Bertz CT molecular complexity index is 337. The highest BCUT2D eigenvalue weighted by molar-refractivity contribution is 5.41. The predicted molar refractivity (Wildman–Crippen MR) is 53.1 cm³/mol. The van der Waals surface area contributed by atoms with E-state index in [1.54, 1.807) is 0 Å². The predicted octanol–water partition coefficient (Wildman–Crippen LogP) is 1.88. The summed E-state index contributed by atoms with van der Waals surface area (Å²) in [5, 5.41) is 0. The maximum atomic E-state index is 12.1. The fourth-order valence-corrected chi connectivity index (χ4v) is 1.77. The molecule has 0 bridgehead atoms. The van der Waals surface area contributed by atoms with Gasteiger partial charge in [-0.2, -0.15) is 0 Å². The van der Waals surface area contributed by atoms with Crippen LogP contribution in [0.3, 0.4) is 0 Å². The van der Waals surface area contributed by atoms with Crippen LogP contribution in [0.5, 0.6) is 0 Å². The lowest BCUT2D eigenvalue weighted by atomic mass is 9.97. The number of rotatable bonds is 3. The molecule has 0 atom stereocenters. The van der Waals surface area contributed by atoms with Gasteiger partial charge in [-0.1, -0.05) is 0 Å². The van der Waals surface area contributed by atoms with Crippen LogP contribution in [0.4, 0.5) is 14.6 Å². The molecule has 1 aliphatic rings. The minimum atomic E-state index is -2.19. The van der Waals surface area contributed by atoms with E-state index in [-0.39, 0.29) is 12.3 Å². The number of hydrogen-bond acceptors (Lipinski definition) is 3. The van der Waals surface area contributed by atoms with E-state index in [2.05, 4.69) is 9.97 Å². The van der Waals surface area contributed by atoms with Crippen LogP contribution in [0.25, 0.3) is 0 Å². The fourth-order valence-electron chi connectivity index (χ4n) is 1.77. The molecule has 0 aromatic carbocycles. The number of halogens is 2. The van der Waals surface area contributed by atoms with Crippen LogP contribution in [0, 0.1) is 12.8 Å². The highest BCUT2D eigenvalue weighted by Crippen LogP contribution is 2.26. The van der Waals surface area contributed by atoms with E-state index in [1.165, 1.54) is 6.33 Å². The van der Waals surface area contributed by atoms with Gasteiger partial charge in [0.1, 0.15) is 12.1 Å². The average molecular weight is 213 g/mol. The van der Waals surface area contributed by atoms with Crippen molar-refractivity contribution in [1.29, 1.82) is 0 Å². The molecular formula is C10H13F2N3. The van der Waals surface area contributed by atoms with E-state index in [9.17, 15) is 8.78 Å². The maximum Gasteiger partial charge on any atom is 0.239 e. The Balaban J connectivity index is 1.89. The molecule has 82 valence electrons. The lowest BCUT2D eigenvalue weighted by molar-refractivity contribution is 0.107. The molecule has 0 unspecified atom stereocenters. The van der Waals surface area contributed by atoms with Crippen LogP contribution in [0.1, 0.15) is 12.1 Å². The van der Waals surface area contributed by atoms with Crippen molar-refractivity contribution in [3.63, 3.8) is 0 Å². The molecule has 0 radical (unpaired) electrons. The molecule has 5 heteroatoms. The minimum absolute atomic E-state index is 0.000561. The summed E-state index contributed by atoms with van der Waals surface area (Å²) in [5.41, 5.74) is 0.900. The second-order valence-electron chi connectivity index (χ2n) is 3.92. The quantitative estimate of drug-likeness (QED) is 0.767. The second kappa shape index (κ2) is 4.08. The van der Waals surface area contributed by atoms with Gasteiger partial charge in [0.15, 0.2) is 0 Å². The molecule has 0 saturated carbocycles. The highest BCUT2D eigenvalue weighted by Gasteiger charge is 2.29. The van der Waals surface area contributed by atoms with Gasteiger partial charge in [-0.05, 0) is 12.8 Å². The van der Waals surface area contributed by atoms with Crippen molar-refractivity contribution in [2.75, 3.05) is 18.0 Å². The molecule has 2 heterocycles. The van der Waals surface area contributed by atoms with Crippen molar-refractivity contribution < 1.29 is 8.78 Å². The van der Waals surface area contributed by atoms with E-state index in [1.807, 2.05) is 17.9 Å². The molecule has 1 fully saturated rings. The first-order valence-electron chi connectivity index (χ1n) is 4.97. The molecule has 15 heavy (non-hydrogen) atoms. The van der Waals surface area contributed by atoms with Gasteiger partial charge in [0.2, 0.25) is 6.43 Å². The molecule has 1 aromatic rings. The van der Waals surface area contributed by atoms with Gasteiger partial charge >= 0.3 is 0 Å². The summed E-state index contributed by atoms with van der Waals surface area (Å²) in [7, 11) is 0.